The number of aromatic nitrogens is 1. The predicted molar refractivity (Wildman–Crippen MR) is 90.3 cm³/mol. The minimum absolute atomic E-state index is 0.585. The van der Waals surface area contributed by atoms with Gasteiger partial charge in [0.2, 0.25) is 0 Å². The van der Waals surface area contributed by atoms with Crippen LogP contribution in [0.1, 0.15) is 44.2 Å². The van der Waals surface area contributed by atoms with Crippen molar-refractivity contribution < 1.29 is 0 Å². The zero-order chi connectivity index (χ0) is 14.8. The highest BCUT2D eigenvalue weighted by atomic mass is 32.1. The Hall–Kier alpha value is -0.650. The Balaban J connectivity index is 1.77. The standard InChI is InChI=1S/C16H28N4S/c1-4-14-15(9-17-5-2)21-16(18-14)20-11-13-7-6-8-19(13)10-12(20)3/h12-13,17H,4-11H2,1-3H3. The van der Waals surface area contributed by atoms with Crippen molar-refractivity contribution >= 4 is 16.5 Å². The van der Waals surface area contributed by atoms with Gasteiger partial charge < -0.3 is 10.2 Å². The molecule has 1 aromatic rings. The molecular formula is C16H28N4S. The van der Waals surface area contributed by atoms with Gasteiger partial charge in [0, 0.05) is 36.6 Å². The van der Waals surface area contributed by atoms with Crippen LogP contribution in [0.2, 0.25) is 0 Å². The fourth-order valence-corrected chi connectivity index (χ4v) is 4.83. The smallest absolute Gasteiger partial charge is 0.186 e. The average Bonchev–Trinajstić information content (AvgIpc) is 3.09. The van der Waals surface area contributed by atoms with Crippen molar-refractivity contribution in [2.45, 2.75) is 58.7 Å². The zero-order valence-electron chi connectivity index (χ0n) is 13.6. The van der Waals surface area contributed by atoms with Crippen LogP contribution < -0.4 is 10.2 Å². The van der Waals surface area contributed by atoms with Crippen molar-refractivity contribution in [1.29, 1.82) is 0 Å². The van der Waals surface area contributed by atoms with E-state index in [-0.39, 0.29) is 0 Å². The van der Waals surface area contributed by atoms with Crippen molar-refractivity contribution in [3.63, 3.8) is 0 Å². The lowest BCUT2D eigenvalue weighted by Crippen LogP contribution is -2.55. The number of piperazine rings is 1. The molecule has 0 aromatic carbocycles. The van der Waals surface area contributed by atoms with E-state index in [2.05, 4.69) is 35.9 Å². The molecule has 0 aliphatic carbocycles. The van der Waals surface area contributed by atoms with Crippen molar-refractivity contribution in [3.8, 4) is 0 Å². The molecule has 0 amide bonds. The molecule has 2 atom stereocenters. The van der Waals surface area contributed by atoms with E-state index in [9.17, 15) is 0 Å². The summed E-state index contributed by atoms with van der Waals surface area (Å²) in [5.74, 6) is 0. The first-order valence-electron chi connectivity index (χ1n) is 8.42. The second-order valence-electron chi connectivity index (χ2n) is 6.29. The fourth-order valence-electron chi connectivity index (χ4n) is 3.60. The zero-order valence-corrected chi connectivity index (χ0v) is 14.4. The number of thiazole rings is 1. The van der Waals surface area contributed by atoms with Crippen LogP contribution in [0.25, 0.3) is 0 Å². The molecule has 2 unspecified atom stereocenters. The Morgan fingerprint density at radius 1 is 1.33 bits per heavy atom. The summed E-state index contributed by atoms with van der Waals surface area (Å²) in [4.78, 5) is 11.6. The third-order valence-corrected chi connectivity index (χ3v) is 5.96. The third-order valence-electron chi connectivity index (χ3n) is 4.82. The van der Waals surface area contributed by atoms with Crippen molar-refractivity contribution in [2.75, 3.05) is 31.1 Å². The molecule has 4 nitrogen and oxygen atoms in total. The normalized spacial score (nSPS) is 26.3. The van der Waals surface area contributed by atoms with Gasteiger partial charge in [0.25, 0.3) is 0 Å². The number of hydrogen-bond acceptors (Lipinski definition) is 5. The second kappa shape index (κ2) is 6.63. The van der Waals surface area contributed by atoms with E-state index >= 15 is 0 Å². The monoisotopic (exact) mass is 308 g/mol. The van der Waals surface area contributed by atoms with Crippen LogP contribution in [-0.4, -0.2) is 48.1 Å². The van der Waals surface area contributed by atoms with E-state index in [0.717, 1.165) is 25.6 Å². The minimum Gasteiger partial charge on any atom is -0.343 e. The van der Waals surface area contributed by atoms with Crippen molar-refractivity contribution in [3.05, 3.63) is 10.6 Å². The largest absolute Gasteiger partial charge is 0.343 e. The van der Waals surface area contributed by atoms with Gasteiger partial charge in [-0.3, -0.25) is 4.90 Å². The molecule has 118 valence electrons. The summed E-state index contributed by atoms with van der Waals surface area (Å²) in [5.41, 5.74) is 1.29. The van der Waals surface area contributed by atoms with Gasteiger partial charge in [0.1, 0.15) is 0 Å². The van der Waals surface area contributed by atoms with E-state index in [1.807, 2.05) is 11.3 Å². The maximum absolute atomic E-state index is 4.96. The van der Waals surface area contributed by atoms with Crippen molar-refractivity contribution in [1.82, 2.24) is 15.2 Å². The molecule has 0 saturated carbocycles. The molecule has 2 aliphatic rings. The first kappa shape index (κ1) is 15.3. The van der Waals surface area contributed by atoms with E-state index in [4.69, 9.17) is 4.98 Å². The molecule has 0 spiro atoms. The maximum Gasteiger partial charge on any atom is 0.186 e. The summed E-state index contributed by atoms with van der Waals surface area (Å²) in [5, 5.41) is 4.70. The molecule has 2 saturated heterocycles. The number of rotatable bonds is 5. The van der Waals surface area contributed by atoms with Gasteiger partial charge in [0.05, 0.1) is 5.69 Å². The number of aryl methyl sites for hydroxylation is 1. The quantitative estimate of drug-likeness (QED) is 0.905. The first-order valence-corrected chi connectivity index (χ1v) is 9.24. The molecule has 5 heteroatoms. The molecular weight excluding hydrogens is 280 g/mol. The Morgan fingerprint density at radius 3 is 2.95 bits per heavy atom. The Labute approximate surface area is 132 Å². The van der Waals surface area contributed by atoms with Gasteiger partial charge in [-0.1, -0.05) is 13.8 Å². The lowest BCUT2D eigenvalue weighted by Gasteiger charge is -2.42. The molecule has 21 heavy (non-hydrogen) atoms. The molecule has 3 heterocycles. The van der Waals surface area contributed by atoms with Gasteiger partial charge in [-0.05, 0) is 39.3 Å². The number of anilines is 1. The first-order chi connectivity index (χ1) is 10.2. The number of hydrogen-bond donors (Lipinski definition) is 1. The summed E-state index contributed by atoms with van der Waals surface area (Å²) in [7, 11) is 0. The minimum atomic E-state index is 0.585. The molecule has 0 bridgehead atoms. The van der Waals surface area contributed by atoms with E-state index in [1.54, 1.807) is 0 Å². The van der Waals surface area contributed by atoms with Gasteiger partial charge in [-0.2, -0.15) is 0 Å². The molecule has 3 rings (SSSR count). The van der Waals surface area contributed by atoms with Gasteiger partial charge in [-0.15, -0.1) is 11.3 Å². The fraction of sp³-hybridized carbons (Fsp3) is 0.812. The molecule has 1 aromatic heterocycles. The van der Waals surface area contributed by atoms with E-state index < -0.39 is 0 Å². The summed E-state index contributed by atoms with van der Waals surface area (Å²) in [6.45, 7) is 12.4. The van der Waals surface area contributed by atoms with Crippen LogP contribution in [0, 0.1) is 0 Å². The summed E-state index contributed by atoms with van der Waals surface area (Å²) < 4.78 is 0. The average molecular weight is 308 g/mol. The molecule has 0 radical (unpaired) electrons. The number of nitrogens with one attached hydrogen (secondary N) is 1. The highest BCUT2D eigenvalue weighted by molar-refractivity contribution is 7.15. The molecule has 1 N–H and O–H groups in total. The number of nitrogens with zero attached hydrogens (tertiary/aromatic N) is 3. The summed E-state index contributed by atoms with van der Waals surface area (Å²) in [6, 6.07) is 1.34. The topological polar surface area (TPSA) is 31.4 Å². The van der Waals surface area contributed by atoms with E-state index in [1.165, 1.54) is 48.2 Å². The highest BCUT2D eigenvalue weighted by Crippen LogP contribution is 2.33. The molecule has 2 aliphatic heterocycles. The lowest BCUT2D eigenvalue weighted by atomic mass is 10.1. The SMILES string of the molecule is CCNCc1sc(N2CC3CCCN3CC2C)nc1CC. The Bertz CT molecular complexity index is 473. The predicted octanol–water partition coefficient (Wildman–Crippen LogP) is 2.49. The lowest BCUT2D eigenvalue weighted by molar-refractivity contribution is 0.203. The Morgan fingerprint density at radius 2 is 2.19 bits per heavy atom. The second-order valence-corrected chi connectivity index (χ2v) is 7.35. The van der Waals surface area contributed by atoms with Crippen LogP contribution in [0.4, 0.5) is 5.13 Å². The van der Waals surface area contributed by atoms with Crippen molar-refractivity contribution in [2.24, 2.45) is 0 Å². The third kappa shape index (κ3) is 3.10. The van der Waals surface area contributed by atoms with Crippen LogP contribution in [-0.2, 0) is 13.0 Å². The van der Waals surface area contributed by atoms with Crippen LogP contribution >= 0.6 is 11.3 Å². The maximum atomic E-state index is 4.96. The van der Waals surface area contributed by atoms with Crippen LogP contribution in [0.3, 0.4) is 0 Å². The summed E-state index contributed by atoms with van der Waals surface area (Å²) in [6.07, 6.45) is 3.77. The summed E-state index contributed by atoms with van der Waals surface area (Å²) >= 11 is 1.90. The molecule has 2 fully saturated rings. The van der Waals surface area contributed by atoms with Gasteiger partial charge >= 0.3 is 0 Å². The van der Waals surface area contributed by atoms with E-state index in [0.29, 0.717) is 6.04 Å². The van der Waals surface area contributed by atoms with Crippen LogP contribution in [0.15, 0.2) is 0 Å². The highest BCUT2D eigenvalue weighted by Gasteiger charge is 2.35. The number of fused-ring (bicyclic) bond motifs is 1. The van der Waals surface area contributed by atoms with Gasteiger partial charge in [-0.25, -0.2) is 4.98 Å². The van der Waals surface area contributed by atoms with Crippen LogP contribution in [0.5, 0.6) is 0 Å². The Kier molecular flexibility index (Phi) is 4.82. The van der Waals surface area contributed by atoms with Gasteiger partial charge in [0.15, 0.2) is 5.13 Å².